The van der Waals surface area contributed by atoms with E-state index in [2.05, 4.69) is 8.80 Å². The minimum absolute atomic E-state index is 0.0655. The van der Waals surface area contributed by atoms with Crippen LogP contribution in [-0.2, 0) is 20.0 Å². The minimum Gasteiger partial charge on any atom is -0.199 e. The average molecular weight is 517 g/mol. The number of alkyl halides is 1. The molecule has 0 bridgehead atoms. The van der Waals surface area contributed by atoms with Gasteiger partial charge in [-0.1, -0.05) is 47.5 Å². The second-order valence-electron chi connectivity index (χ2n) is 8.71. The maximum Gasteiger partial charge on any atom is 0.282 e. The Balaban J connectivity index is 1.91. The van der Waals surface area contributed by atoms with Gasteiger partial charge in [-0.2, -0.15) is 25.6 Å². The lowest BCUT2D eigenvalue weighted by molar-refractivity contribution is 0.516. The molecule has 2 atom stereocenters. The fourth-order valence-electron chi connectivity index (χ4n) is 4.35. The monoisotopic (exact) mass is 516 g/mol. The van der Waals surface area contributed by atoms with Crippen molar-refractivity contribution in [1.29, 1.82) is 0 Å². The summed E-state index contributed by atoms with van der Waals surface area (Å²) in [6, 6.07) is 15.9. The lowest BCUT2D eigenvalue weighted by Crippen LogP contribution is -2.50. The molecule has 2 aromatic rings. The Morgan fingerprint density at radius 3 is 1.82 bits per heavy atom. The number of halogens is 1. The number of hydrogen-bond acceptors (Lipinski definition) is 4. The van der Waals surface area contributed by atoms with Crippen LogP contribution in [0.1, 0.15) is 33.6 Å². The molecule has 0 heterocycles. The summed E-state index contributed by atoms with van der Waals surface area (Å²) < 4.78 is 60.6. The van der Waals surface area contributed by atoms with Crippen molar-refractivity contribution < 1.29 is 16.8 Å². The van der Waals surface area contributed by atoms with E-state index in [4.69, 9.17) is 11.6 Å². The van der Waals surface area contributed by atoms with Gasteiger partial charge in [-0.25, -0.2) is 0 Å². The van der Waals surface area contributed by atoms with E-state index >= 15 is 0 Å². The highest BCUT2D eigenvalue weighted by Gasteiger charge is 2.50. The van der Waals surface area contributed by atoms with Crippen molar-refractivity contribution in [2.24, 2.45) is 14.7 Å². The molecular formula is C25H25ClN2O4S2. The molecular weight excluding hydrogens is 492 g/mol. The van der Waals surface area contributed by atoms with Crippen molar-refractivity contribution in [3.8, 4) is 0 Å². The zero-order valence-corrected chi connectivity index (χ0v) is 21.5. The first-order valence-electron chi connectivity index (χ1n) is 10.8. The van der Waals surface area contributed by atoms with Gasteiger partial charge < -0.3 is 0 Å². The maximum absolute atomic E-state index is 13.1. The average Bonchev–Trinajstić information content (AvgIpc) is 2.80. The van der Waals surface area contributed by atoms with Crippen LogP contribution in [0.3, 0.4) is 0 Å². The van der Waals surface area contributed by atoms with Crippen LogP contribution >= 0.6 is 11.6 Å². The van der Waals surface area contributed by atoms with Crippen molar-refractivity contribution in [3.05, 3.63) is 83.5 Å². The molecule has 0 N–H and O–H groups in total. The summed E-state index contributed by atoms with van der Waals surface area (Å²) in [7, 11) is -8.00. The van der Waals surface area contributed by atoms with E-state index < -0.39 is 30.8 Å². The van der Waals surface area contributed by atoms with Gasteiger partial charge in [0.25, 0.3) is 20.0 Å². The van der Waals surface area contributed by atoms with Gasteiger partial charge in [0.1, 0.15) is 0 Å². The summed E-state index contributed by atoms with van der Waals surface area (Å²) >= 11 is 7.18. The molecule has 0 radical (unpaired) electrons. The van der Waals surface area contributed by atoms with Crippen LogP contribution in [0, 0.1) is 5.92 Å². The summed E-state index contributed by atoms with van der Waals surface area (Å²) in [6.45, 7) is 5.63. The number of allylic oxidation sites excluding steroid dienone is 4. The van der Waals surface area contributed by atoms with Gasteiger partial charge >= 0.3 is 0 Å². The van der Waals surface area contributed by atoms with Gasteiger partial charge in [-0.3, -0.25) is 0 Å². The number of sulfonamides is 2. The van der Waals surface area contributed by atoms with Crippen molar-refractivity contribution in [1.82, 2.24) is 0 Å². The molecule has 0 saturated carbocycles. The SMILES string of the molecule is CC1=CC(=N\S(=O)(=O)c2ccccc2)/C2(Cl)CC(C)=C(C)CC2/C1=N/S(=O)(=O)c1ccccc1. The third kappa shape index (κ3) is 4.54. The Labute approximate surface area is 205 Å². The Hall–Kier alpha value is -2.55. The number of nitrogens with zero attached hydrogens (tertiary/aromatic N) is 2. The second-order valence-corrected chi connectivity index (χ2v) is 12.6. The van der Waals surface area contributed by atoms with E-state index in [1.807, 2.05) is 13.8 Å². The van der Waals surface area contributed by atoms with Gasteiger partial charge in [0, 0.05) is 5.92 Å². The number of rotatable bonds is 4. The van der Waals surface area contributed by atoms with Crippen molar-refractivity contribution in [2.75, 3.05) is 0 Å². The van der Waals surface area contributed by atoms with E-state index in [0.717, 1.165) is 11.1 Å². The van der Waals surface area contributed by atoms with Crippen LogP contribution in [0.5, 0.6) is 0 Å². The Bertz CT molecular complexity index is 1460. The Kier molecular flexibility index (Phi) is 6.44. The van der Waals surface area contributed by atoms with Crippen molar-refractivity contribution >= 4 is 43.1 Å². The van der Waals surface area contributed by atoms with Gasteiger partial charge in [-0.05, 0) is 69.5 Å². The highest BCUT2D eigenvalue weighted by atomic mass is 35.5. The van der Waals surface area contributed by atoms with Crippen LogP contribution in [0.15, 0.2) is 102 Å². The van der Waals surface area contributed by atoms with Gasteiger partial charge in [0.2, 0.25) is 0 Å². The third-order valence-corrected chi connectivity index (χ3v) is 9.55. The molecule has 34 heavy (non-hydrogen) atoms. The molecule has 6 nitrogen and oxygen atoms in total. The van der Waals surface area contributed by atoms with Crippen LogP contribution in [0.25, 0.3) is 0 Å². The third-order valence-electron chi connectivity index (χ3n) is 6.35. The van der Waals surface area contributed by atoms with Gasteiger partial charge in [-0.15, -0.1) is 11.6 Å². The first-order chi connectivity index (χ1) is 15.9. The number of hydrogen-bond donors (Lipinski definition) is 0. The molecule has 0 aliphatic heterocycles. The maximum atomic E-state index is 13.1. The second kappa shape index (κ2) is 8.91. The quantitative estimate of drug-likeness (QED) is 0.405. The topological polar surface area (TPSA) is 93.0 Å². The summed E-state index contributed by atoms with van der Waals surface area (Å²) in [5.74, 6) is -0.550. The first kappa shape index (κ1) is 24.6. The predicted octanol–water partition coefficient (Wildman–Crippen LogP) is 5.33. The Morgan fingerprint density at radius 1 is 0.794 bits per heavy atom. The summed E-state index contributed by atoms with van der Waals surface area (Å²) in [5, 5.41) is 0. The molecule has 2 unspecified atom stereocenters. The molecule has 2 aliphatic rings. The zero-order valence-electron chi connectivity index (χ0n) is 19.1. The zero-order chi connectivity index (χ0) is 24.7. The number of fused-ring (bicyclic) bond motifs is 1. The lowest BCUT2D eigenvalue weighted by atomic mass is 9.67. The molecule has 0 amide bonds. The standard InChI is InChI=1S/C25H25ClN2O4S2/c1-17-14-22-24(28-34(31,32)21-12-8-5-9-13-21)18(2)15-23(25(22,26)16-19(17)3)27-33(29,30)20-10-6-4-7-11-20/h4-13,15,22H,14,16H2,1-3H3/b27-23+,28-24+. The molecule has 178 valence electrons. The van der Waals surface area contributed by atoms with E-state index in [0.29, 0.717) is 24.1 Å². The fraction of sp³-hybridized carbons (Fsp3) is 0.280. The van der Waals surface area contributed by atoms with Crippen molar-refractivity contribution in [3.63, 3.8) is 0 Å². The largest absolute Gasteiger partial charge is 0.282 e. The first-order valence-corrected chi connectivity index (χ1v) is 14.0. The van der Waals surface area contributed by atoms with Crippen LogP contribution < -0.4 is 0 Å². The molecule has 0 saturated heterocycles. The minimum atomic E-state index is -4.01. The molecule has 2 aromatic carbocycles. The summed E-state index contributed by atoms with van der Waals surface area (Å²) in [5.41, 5.74) is 3.15. The molecule has 0 spiro atoms. The van der Waals surface area contributed by atoms with Gasteiger partial charge in [0.05, 0.1) is 26.1 Å². The van der Waals surface area contributed by atoms with Crippen LogP contribution in [-0.4, -0.2) is 33.1 Å². The summed E-state index contributed by atoms with van der Waals surface area (Å²) in [4.78, 5) is -1.09. The summed E-state index contributed by atoms with van der Waals surface area (Å²) in [6.07, 6.45) is 2.34. The molecule has 2 aliphatic carbocycles. The van der Waals surface area contributed by atoms with Crippen LogP contribution in [0.2, 0.25) is 0 Å². The lowest BCUT2D eigenvalue weighted by Gasteiger charge is -2.43. The van der Waals surface area contributed by atoms with E-state index in [9.17, 15) is 16.8 Å². The molecule has 0 aromatic heterocycles. The van der Waals surface area contributed by atoms with Gasteiger partial charge in [0.15, 0.2) is 0 Å². The number of benzene rings is 2. The van der Waals surface area contributed by atoms with Crippen molar-refractivity contribution in [2.45, 2.75) is 48.3 Å². The molecule has 0 fully saturated rings. The molecule has 9 heteroatoms. The normalized spacial score (nSPS) is 25.9. The predicted molar refractivity (Wildman–Crippen MR) is 136 cm³/mol. The van der Waals surface area contributed by atoms with E-state index in [1.54, 1.807) is 49.4 Å². The molecule has 4 rings (SSSR count). The highest BCUT2D eigenvalue weighted by Crippen LogP contribution is 2.48. The fourth-order valence-corrected chi connectivity index (χ4v) is 7.09. The van der Waals surface area contributed by atoms with E-state index in [1.165, 1.54) is 24.3 Å². The van der Waals surface area contributed by atoms with E-state index in [-0.39, 0.29) is 15.5 Å². The van der Waals surface area contributed by atoms with Crippen LogP contribution in [0.4, 0.5) is 0 Å². The highest BCUT2D eigenvalue weighted by molar-refractivity contribution is 7.90. The smallest absolute Gasteiger partial charge is 0.199 e. The Morgan fingerprint density at radius 2 is 1.29 bits per heavy atom.